The minimum absolute atomic E-state index is 1.17. The zero-order valence-corrected chi connectivity index (χ0v) is 11.7. The van der Waals surface area contributed by atoms with Gasteiger partial charge in [0.15, 0.2) is 0 Å². The molecule has 84 valence electrons. The molecule has 1 heterocycles. The number of hydrogen-bond acceptors (Lipinski definition) is 0. The van der Waals surface area contributed by atoms with Crippen LogP contribution in [0.1, 0.15) is 22.5 Å². The molecule has 0 fully saturated rings. The Morgan fingerprint density at radius 3 is 2.19 bits per heavy atom. The van der Waals surface area contributed by atoms with Gasteiger partial charge in [-0.05, 0) is 61.3 Å². The number of nitrogens with zero attached hydrogens (tertiary/aromatic N) is 1. The van der Waals surface area contributed by atoms with E-state index < -0.39 is 0 Å². The van der Waals surface area contributed by atoms with Gasteiger partial charge in [-0.1, -0.05) is 17.7 Å². The predicted octanol–water partition coefficient (Wildman–Crippen LogP) is 4.47. The largest absolute Gasteiger partial charge is 0.317 e. The van der Waals surface area contributed by atoms with Gasteiger partial charge in [-0.3, -0.25) is 0 Å². The normalized spacial score (nSPS) is 10.8. The zero-order chi connectivity index (χ0) is 11.9. The van der Waals surface area contributed by atoms with E-state index in [0.717, 1.165) is 0 Å². The summed E-state index contributed by atoms with van der Waals surface area (Å²) in [5.74, 6) is 0. The van der Waals surface area contributed by atoms with Gasteiger partial charge in [0.25, 0.3) is 0 Å². The third-order valence-corrected chi connectivity index (χ3v) is 3.77. The summed E-state index contributed by atoms with van der Waals surface area (Å²) in [5.41, 5.74) is 6.41. The molecule has 0 N–H and O–H groups in total. The second-order valence-corrected chi connectivity index (χ2v) is 5.20. The van der Waals surface area contributed by atoms with Crippen LogP contribution in [0.15, 0.2) is 28.7 Å². The molecule has 0 saturated carbocycles. The monoisotopic (exact) mass is 277 g/mol. The summed E-state index contributed by atoms with van der Waals surface area (Å²) in [6.45, 7) is 8.56. The fraction of sp³-hybridized carbons (Fsp3) is 0.286. The van der Waals surface area contributed by atoms with Gasteiger partial charge in [0.1, 0.15) is 0 Å². The van der Waals surface area contributed by atoms with Crippen LogP contribution in [0.25, 0.3) is 5.69 Å². The quantitative estimate of drug-likeness (QED) is 0.725. The van der Waals surface area contributed by atoms with Gasteiger partial charge in [-0.2, -0.15) is 0 Å². The molecule has 1 aromatic carbocycles. The Balaban J connectivity index is 2.67. The molecule has 0 spiro atoms. The molecule has 2 heteroatoms. The second-order valence-electron chi connectivity index (χ2n) is 4.34. The summed E-state index contributed by atoms with van der Waals surface area (Å²) in [6.07, 6.45) is 0. The van der Waals surface area contributed by atoms with Gasteiger partial charge in [-0.15, -0.1) is 0 Å². The maximum atomic E-state index is 3.58. The van der Waals surface area contributed by atoms with Crippen LogP contribution in [0.4, 0.5) is 0 Å². The van der Waals surface area contributed by atoms with Crippen LogP contribution in [-0.2, 0) is 0 Å². The molecule has 0 saturated heterocycles. The number of halogens is 1. The molecule has 2 rings (SSSR count). The predicted molar refractivity (Wildman–Crippen MR) is 72.4 cm³/mol. The number of rotatable bonds is 1. The lowest BCUT2D eigenvalue weighted by molar-refractivity contribution is 0.951. The van der Waals surface area contributed by atoms with Crippen molar-refractivity contribution in [3.8, 4) is 5.69 Å². The fourth-order valence-corrected chi connectivity index (χ4v) is 2.66. The van der Waals surface area contributed by atoms with Crippen molar-refractivity contribution in [3.05, 3.63) is 51.3 Å². The number of hydrogen-bond donors (Lipinski definition) is 0. The van der Waals surface area contributed by atoms with E-state index in [4.69, 9.17) is 0 Å². The lowest BCUT2D eigenvalue weighted by atomic mass is 10.1. The van der Waals surface area contributed by atoms with Crippen LogP contribution >= 0.6 is 15.9 Å². The molecule has 2 aromatic rings. The van der Waals surface area contributed by atoms with Crippen LogP contribution in [0.5, 0.6) is 0 Å². The first-order valence-corrected chi connectivity index (χ1v) is 6.22. The van der Waals surface area contributed by atoms with E-state index in [1.54, 1.807) is 0 Å². The summed E-state index contributed by atoms with van der Waals surface area (Å²) < 4.78 is 3.46. The third-order valence-electron chi connectivity index (χ3n) is 2.96. The molecule has 0 aliphatic carbocycles. The Morgan fingerprint density at radius 2 is 1.69 bits per heavy atom. The molecule has 16 heavy (non-hydrogen) atoms. The van der Waals surface area contributed by atoms with Crippen LogP contribution in [0.2, 0.25) is 0 Å². The Hall–Kier alpha value is -1.02. The Kier molecular flexibility index (Phi) is 2.94. The van der Waals surface area contributed by atoms with Crippen LogP contribution < -0.4 is 0 Å². The van der Waals surface area contributed by atoms with Crippen molar-refractivity contribution in [3.63, 3.8) is 0 Å². The van der Waals surface area contributed by atoms with Gasteiger partial charge < -0.3 is 4.57 Å². The van der Waals surface area contributed by atoms with Gasteiger partial charge in [0.2, 0.25) is 0 Å². The van der Waals surface area contributed by atoms with E-state index in [9.17, 15) is 0 Å². The summed E-state index contributed by atoms with van der Waals surface area (Å²) in [5, 5.41) is 0. The number of benzene rings is 1. The van der Waals surface area contributed by atoms with Gasteiger partial charge in [0, 0.05) is 21.5 Å². The summed E-state index contributed by atoms with van der Waals surface area (Å²) in [7, 11) is 0. The third kappa shape index (κ3) is 1.82. The van der Waals surface area contributed by atoms with E-state index in [-0.39, 0.29) is 0 Å². The van der Waals surface area contributed by atoms with Gasteiger partial charge in [-0.25, -0.2) is 0 Å². The summed E-state index contributed by atoms with van der Waals surface area (Å²) in [4.78, 5) is 0. The van der Waals surface area contributed by atoms with Gasteiger partial charge in [0.05, 0.1) is 0 Å². The van der Waals surface area contributed by atoms with Crippen LogP contribution in [-0.4, -0.2) is 4.57 Å². The Labute approximate surface area is 105 Å². The Morgan fingerprint density at radius 1 is 1.00 bits per heavy atom. The first-order chi connectivity index (χ1) is 7.50. The van der Waals surface area contributed by atoms with E-state index >= 15 is 0 Å². The maximum absolute atomic E-state index is 3.58. The van der Waals surface area contributed by atoms with E-state index in [1.807, 2.05) is 0 Å². The lowest BCUT2D eigenvalue weighted by Gasteiger charge is -2.13. The molecular formula is C14H16BrN. The molecule has 0 atom stereocenters. The van der Waals surface area contributed by atoms with Crippen molar-refractivity contribution >= 4 is 15.9 Å². The molecular weight excluding hydrogens is 262 g/mol. The fourth-order valence-electron chi connectivity index (χ4n) is 2.15. The highest BCUT2D eigenvalue weighted by Crippen LogP contribution is 2.26. The molecule has 0 bridgehead atoms. The molecule has 1 nitrogen and oxygen atoms in total. The minimum Gasteiger partial charge on any atom is -0.317 e. The van der Waals surface area contributed by atoms with Gasteiger partial charge >= 0.3 is 0 Å². The topological polar surface area (TPSA) is 4.93 Å². The van der Waals surface area contributed by atoms with Crippen molar-refractivity contribution in [2.45, 2.75) is 27.7 Å². The van der Waals surface area contributed by atoms with Crippen LogP contribution in [0.3, 0.4) is 0 Å². The molecule has 0 unspecified atom stereocenters. The molecule has 0 aliphatic rings. The molecule has 0 amide bonds. The van der Waals surface area contributed by atoms with E-state index in [2.05, 4.69) is 72.5 Å². The molecule has 1 aromatic heterocycles. The van der Waals surface area contributed by atoms with Crippen molar-refractivity contribution in [1.29, 1.82) is 0 Å². The highest BCUT2D eigenvalue weighted by atomic mass is 79.9. The van der Waals surface area contributed by atoms with Crippen molar-refractivity contribution in [2.75, 3.05) is 0 Å². The highest BCUT2D eigenvalue weighted by Gasteiger charge is 2.10. The number of aryl methyl sites for hydroxylation is 3. The average molecular weight is 278 g/mol. The first-order valence-electron chi connectivity index (χ1n) is 5.43. The van der Waals surface area contributed by atoms with E-state index in [0.29, 0.717) is 0 Å². The molecule has 0 radical (unpaired) electrons. The summed E-state index contributed by atoms with van der Waals surface area (Å²) >= 11 is 3.58. The Bertz CT molecular complexity index is 538. The lowest BCUT2D eigenvalue weighted by Crippen LogP contribution is -2.01. The molecule has 0 aliphatic heterocycles. The standard InChI is InChI=1S/C14H16BrN/c1-9-5-6-14(10(2)7-9)16-11(3)8-13(15)12(16)4/h5-8H,1-4H3. The highest BCUT2D eigenvalue weighted by molar-refractivity contribution is 9.10. The van der Waals surface area contributed by atoms with Crippen LogP contribution in [0, 0.1) is 27.7 Å². The summed E-state index contributed by atoms with van der Waals surface area (Å²) in [6, 6.07) is 8.74. The SMILES string of the molecule is Cc1ccc(-n2c(C)cc(Br)c2C)c(C)c1. The van der Waals surface area contributed by atoms with E-state index in [1.165, 1.54) is 32.7 Å². The average Bonchev–Trinajstić information content (AvgIpc) is 2.43. The maximum Gasteiger partial charge on any atom is 0.0484 e. The second kappa shape index (κ2) is 4.10. The first kappa shape index (κ1) is 11.5. The van der Waals surface area contributed by atoms with Crippen molar-refractivity contribution in [2.24, 2.45) is 0 Å². The van der Waals surface area contributed by atoms with Crippen molar-refractivity contribution < 1.29 is 0 Å². The number of aromatic nitrogens is 1. The smallest absolute Gasteiger partial charge is 0.0484 e. The van der Waals surface area contributed by atoms with Crippen molar-refractivity contribution in [1.82, 2.24) is 4.57 Å². The minimum atomic E-state index is 1.17. The zero-order valence-electron chi connectivity index (χ0n) is 10.1.